The Kier molecular flexibility index (Phi) is 10.5. The van der Waals surface area contributed by atoms with Gasteiger partial charge in [0.1, 0.15) is 11.5 Å². The van der Waals surface area contributed by atoms with Crippen LogP contribution in [0.3, 0.4) is 0 Å². The number of ether oxygens (including phenoxy) is 6. The summed E-state index contributed by atoms with van der Waals surface area (Å²) in [6.07, 6.45) is 6.15. The Morgan fingerprint density at radius 3 is 1.83 bits per heavy atom. The van der Waals surface area contributed by atoms with Gasteiger partial charge >= 0.3 is 0 Å². The zero-order valence-electron chi connectivity index (χ0n) is 31.3. The fourth-order valence-electron chi connectivity index (χ4n) is 8.18. The standard InChI is InChI=1S/C46H50O6/c1-31-7-11-34(12-8-31)46(35-13-15-36(49-6)16-14-35)20-19-39-43-42(37-17-9-32(2)29-40(37)44(39)52-46)38-18-10-33(3)30-41(38)45(43,21-23-50-27-25-47-4)22-24-51-28-26-48-5/h7-20,29-30H,21-28H2,1-6H3. The molecule has 270 valence electrons. The molecule has 1 aliphatic heterocycles. The van der Waals surface area contributed by atoms with E-state index in [-0.39, 0.29) is 0 Å². The molecule has 1 heterocycles. The maximum absolute atomic E-state index is 7.61. The molecule has 0 bridgehead atoms. The van der Waals surface area contributed by atoms with E-state index in [4.69, 9.17) is 28.4 Å². The van der Waals surface area contributed by atoms with Crippen LogP contribution in [0.5, 0.6) is 11.5 Å². The van der Waals surface area contributed by atoms with Gasteiger partial charge in [-0.1, -0.05) is 89.5 Å². The molecule has 1 atom stereocenters. The molecule has 52 heavy (non-hydrogen) atoms. The van der Waals surface area contributed by atoms with Crippen LogP contribution in [0.4, 0.5) is 0 Å². The third-order valence-corrected chi connectivity index (χ3v) is 10.8. The number of rotatable bonds is 15. The van der Waals surface area contributed by atoms with E-state index < -0.39 is 11.0 Å². The van der Waals surface area contributed by atoms with Gasteiger partial charge in [0.2, 0.25) is 0 Å². The Balaban J connectivity index is 1.49. The monoisotopic (exact) mass is 698 g/mol. The van der Waals surface area contributed by atoms with Gasteiger partial charge in [-0.05, 0) is 85.5 Å². The van der Waals surface area contributed by atoms with Crippen molar-refractivity contribution in [1.29, 1.82) is 0 Å². The van der Waals surface area contributed by atoms with E-state index in [1.54, 1.807) is 21.3 Å². The van der Waals surface area contributed by atoms with Crippen molar-refractivity contribution in [3.05, 3.63) is 136 Å². The smallest absolute Gasteiger partial charge is 0.178 e. The summed E-state index contributed by atoms with van der Waals surface area (Å²) in [7, 11) is 5.12. The zero-order valence-corrected chi connectivity index (χ0v) is 31.3. The summed E-state index contributed by atoms with van der Waals surface area (Å²) in [5.74, 6) is 1.70. The van der Waals surface area contributed by atoms with Crippen molar-refractivity contribution in [3.8, 4) is 22.6 Å². The lowest BCUT2D eigenvalue weighted by atomic mass is 9.70. The van der Waals surface area contributed by atoms with Crippen molar-refractivity contribution in [1.82, 2.24) is 0 Å². The predicted molar refractivity (Wildman–Crippen MR) is 209 cm³/mol. The molecule has 0 aromatic heterocycles. The molecule has 1 aliphatic carbocycles. The second-order valence-corrected chi connectivity index (χ2v) is 14.1. The molecular weight excluding hydrogens is 649 g/mol. The Bertz CT molecular complexity index is 2050. The van der Waals surface area contributed by atoms with E-state index in [9.17, 15) is 0 Å². The van der Waals surface area contributed by atoms with Gasteiger partial charge < -0.3 is 28.4 Å². The first-order valence-electron chi connectivity index (χ1n) is 18.3. The molecule has 0 saturated heterocycles. The highest BCUT2D eigenvalue weighted by Crippen LogP contribution is 2.60. The van der Waals surface area contributed by atoms with E-state index in [0.29, 0.717) is 39.6 Å². The Morgan fingerprint density at radius 2 is 1.19 bits per heavy atom. The van der Waals surface area contributed by atoms with E-state index in [2.05, 4.69) is 106 Å². The Morgan fingerprint density at radius 1 is 0.596 bits per heavy atom. The van der Waals surface area contributed by atoms with Crippen LogP contribution in [0.1, 0.15) is 57.3 Å². The molecule has 6 heteroatoms. The van der Waals surface area contributed by atoms with Gasteiger partial charge in [0.05, 0.1) is 33.5 Å². The number of hydrogen-bond donors (Lipinski definition) is 0. The highest BCUT2D eigenvalue weighted by Gasteiger charge is 2.48. The third kappa shape index (κ3) is 6.43. The van der Waals surface area contributed by atoms with Gasteiger partial charge in [0, 0.05) is 54.9 Å². The van der Waals surface area contributed by atoms with Gasteiger partial charge in [0.25, 0.3) is 0 Å². The van der Waals surface area contributed by atoms with Crippen LogP contribution in [0.25, 0.3) is 28.0 Å². The first-order valence-corrected chi connectivity index (χ1v) is 18.3. The molecule has 5 aromatic rings. The molecule has 0 N–H and O–H groups in total. The SMILES string of the molecule is COCCOCCC1(CCOCCOC)c2cc(C)ccc2-c2c1c1c(c3cc(C)ccc23)OC(c2ccc(C)cc2)(c2ccc(OC)cc2)C=C1. The maximum atomic E-state index is 7.61. The number of fused-ring (bicyclic) bond motifs is 8. The summed E-state index contributed by atoms with van der Waals surface area (Å²) in [4.78, 5) is 0. The zero-order chi connectivity index (χ0) is 36.3. The first-order chi connectivity index (χ1) is 25.3. The average Bonchev–Trinajstić information content (AvgIpc) is 3.44. The second kappa shape index (κ2) is 15.3. The summed E-state index contributed by atoms with van der Waals surface area (Å²) < 4.78 is 36.3. The average molecular weight is 699 g/mol. The van der Waals surface area contributed by atoms with E-state index in [1.165, 1.54) is 44.3 Å². The first kappa shape index (κ1) is 35.9. The topological polar surface area (TPSA) is 55.4 Å². The molecule has 0 radical (unpaired) electrons. The molecule has 5 aromatic carbocycles. The lowest BCUT2D eigenvalue weighted by Gasteiger charge is -2.40. The van der Waals surface area contributed by atoms with Crippen LogP contribution in [-0.4, -0.2) is 61.0 Å². The van der Waals surface area contributed by atoms with Gasteiger partial charge in [-0.15, -0.1) is 0 Å². The third-order valence-electron chi connectivity index (χ3n) is 10.8. The van der Waals surface area contributed by atoms with Crippen LogP contribution in [-0.2, 0) is 30.0 Å². The molecule has 0 amide bonds. The lowest BCUT2D eigenvalue weighted by molar-refractivity contribution is 0.0490. The molecule has 6 nitrogen and oxygen atoms in total. The highest BCUT2D eigenvalue weighted by atomic mass is 16.5. The minimum Gasteiger partial charge on any atom is -0.497 e. The summed E-state index contributed by atoms with van der Waals surface area (Å²) in [6, 6.07) is 30.7. The van der Waals surface area contributed by atoms with Gasteiger partial charge in [0.15, 0.2) is 5.60 Å². The fourth-order valence-corrected chi connectivity index (χ4v) is 8.18. The van der Waals surface area contributed by atoms with Crippen LogP contribution >= 0.6 is 0 Å². The predicted octanol–water partition coefficient (Wildman–Crippen LogP) is 9.50. The number of hydrogen-bond acceptors (Lipinski definition) is 6. The summed E-state index contributed by atoms with van der Waals surface area (Å²) in [5.41, 5.74) is 10.7. The highest BCUT2D eigenvalue weighted by molar-refractivity contribution is 6.08. The minimum atomic E-state index is -0.866. The van der Waals surface area contributed by atoms with Gasteiger partial charge in [-0.2, -0.15) is 0 Å². The largest absolute Gasteiger partial charge is 0.497 e. The lowest BCUT2D eigenvalue weighted by Crippen LogP contribution is -2.36. The van der Waals surface area contributed by atoms with Gasteiger partial charge in [-0.3, -0.25) is 0 Å². The Labute approximate surface area is 308 Å². The van der Waals surface area contributed by atoms with Crippen LogP contribution in [0.15, 0.2) is 91.0 Å². The maximum Gasteiger partial charge on any atom is 0.178 e. The second-order valence-electron chi connectivity index (χ2n) is 14.1. The van der Waals surface area contributed by atoms with Crippen LogP contribution in [0.2, 0.25) is 0 Å². The minimum absolute atomic E-state index is 0.391. The number of benzene rings is 5. The molecule has 0 spiro atoms. The van der Waals surface area contributed by atoms with E-state index >= 15 is 0 Å². The summed E-state index contributed by atoms with van der Waals surface area (Å²) >= 11 is 0. The van der Waals surface area contributed by atoms with E-state index in [0.717, 1.165) is 46.4 Å². The molecule has 0 fully saturated rings. The van der Waals surface area contributed by atoms with E-state index in [1.807, 2.05) is 12.1 Å². The number of methoxy groups -OCH3 is 3. The fraction of sp³-hybridized carbons (Fsp3) is 0.348. The summed E-state index contributed by atoms with van der Waals surface area (Å²) in [6.45, 7) is 9.83. The van der Waals surface area contributed by atoms with Crippen molar-refractivity contribution in [2.45, 2.75) is 44.6 Å². The van der Waals surface area contributed by atoms with Crippen molar-refractivity contribution in [3.63, 3.8) is 0 Å². The van der Waals surface area contributed by atoms with Crippen LogP contribution < -0.4 is 9.47 Å². The molecule has 2 aliphatic rings. The Hall–Kier alpha value is -4.46. The molecular formula is C46H50O6. The van der Waals surface area contributed by atoms with Crippen molar-refractivity contribution < 1.29 is 28.4 Å². The van der Waals surface area contributed by atoms with Gasteiger partial charge in [-0.25, -0.2) is 0 Å². The molecule has 1 unspecified atom stereocenters. The molecule has 0 saturated carbocycles. The normalized spacial score (nSPS) is 16.7. The molecule has 7 rings (SSSR count). The number of aryl methyl sites for hydroxylation is 3. The van der Waals surface area contributed by atoms with Crippen molar-refractivity contribution in [2.75, 3.05) is 61.0 Å². The quantitative estimate of drug-likeness (QED) is 0.102. The van der Waals surface area contributed by atoms with Crippen LogP contribution in [0, 0.1) is 20.8 Å². The van der Waals surface area contributed by atoms with Crippen molar-refractivity contribution >= 4 is 16.8 Å². The summed E-state index contributed by atoms with van der Waals surface area (Å²) in [5, 5.41) is 2.30. The van der Waals surface area contributed by atoms with Crippen molar-refractivity contribution in [2.24, 2.45) is 0 Å².